The van der Waals surface area contributed by atoms with E-state index < -0.39 is 0 Å². The van der Waals surface area contributed by atoms with Crippen molar-refractivity contribution in [3.05, 3.63) is 11.9 Å². The summed E-state index contributed by atoms with van der Waals surface area (Å²) in [6, 6.07) is 0.262. The first-order valence-corrected chi connectivity index (χ1v) is 6.36. The van der Waals surface area contributed by atoms with E-state index in [2.05, 4.69) is 28.7 Å². The van der Waals surface area contributed by atoms with Crippen molar-refractivity contribution in [2.24, 2.45) is 5.92 Å². The normalized spacial score (nSPS) is 13.0. The van der Waals surface area contributed by atoms with Crippen molar-refractivity contribution in [1.29, 1.82) is 0 Å². The zero-order valence-electron chi connectivity index (χ0n) is 12.1. The molecule has 1 atom stereocenters. The summed E-state index contributed by atoms with van der Waals surface area (Å²) in [6.45, 7) is 8.50. The number of methoxy groups -OCH3 is 2. The van der Waals surface area contributed by atoms with Crippen molar-refractivity contribution in [2.45, 2.75) is 33.4 Å². The molecule has 5 nitrogen and oxygen atoms in total. The Kier molecular flexibility index (Phi) is 6.15. The molecule has 0 saturated carbocycles. The van der Waals surface area contributed by atoms with Gasteiger partial charge in [0.1, 0.15) is 0 Å². The number of ether oxygens (including phenoxy) is 2. The van der Waals surface area contributed by atoms with Crippen molar-refractivity contribution < 1.29 is 9.47 Å². The first kappa shape index (κ1) is 15.0. The molecule has 5 heteroatoms. The fraction of sp³-hybridized carbons (Fsp3) is 0.769. The Labute approximate surface area is 109 Å². The highest BCUT2D eigenvalue weighted by atomic mass is 16.5. The molecular formula is C13H25N3O2. The van der Waals surface area contributed by atoms with Gasteiger partial charge in [-0.25, -0.2) is 4.98 Å². The summed E-state index contributed by atoms with van der Waals surface area (Å²) < 4.78 is 12.4. The zero-order valence-corrected chi connectivity index (χ0v) is 12.1. The molecule has 104 valence electrons. The number of anilines is 1. The van der Waals surface area contributed by atoms with Crippen LogP contribution in [-0.4, -0.2) is 43.0 Å². The Hall–Kier alpha value is -1.07. The van der Waals surface area contributed by atoms with Crippen LogP contribution in [-0.2, 0) is 16.0 Å². The second-order valence-electron chi connectivity index (χ2n) is 4.84. The summed E-state index contributed by atoms with van der Waals surface area (Å²) in [5.74, 6) is 1.37. The Balaban J connectivity index is 2.74. The van der Waals surface area contributed by atoms with E-state index in [9.17, 15) is 0 Å². The lowest BCUT2D eigenvalue weighted by Gasteiger charge is -2.22. The summed E-state index contributed by atoms with van der Waals surface area (Å²) in [4.78, 5) is 4.51. The largest absolute Gasteiger partial charge is 0.383 e. The second-order valence-corrected chi connectivity index (χ2v) is 4.84. The van der Waals surface area contributed by atoms with Crippen LogP contribution in [0.2, 0.25) is 0 Å². The van der Waals surface area contributed by atoms with Gasteiger partial charge in [-0.15, -0.1) is 0 Å². The van der Waals surface area contributed by atoms with Gasteiger partial charge in [0.15, 0.2) is 0 Å². The highest BCUT2D eigenvalue weighted by molar-refractivity contribution is 5.30. The van der Waals surface area contributed by atoms with Crippen molar-refractivity contribution in [2.75, 3.05) is 32.8 Å². The van der Waals surface area contributed by atoms with E-state index in [0.29, 0.717) is 19.1 Å². The molecule has 0 bridgehead atoms. The predicted octanol–water partition coefficient (Wildman–Crippen LogP) is 1.92. The molecule has 0 aliphatic rings. The molecule has 0 fully saturated rings. The van der Waals surface area contributed by atoms with Gasteiger partial charge in [0.05, 0.1) is 24.9 Å². The summed E-state index contributed by atoms with van der Waals surface area (Å²) in [7, 11) is 3.43. The Morgan fingerprint density at radius 1 is 1.33 bits per heavy atom. The SMILES string of the molecule is COCCn1cc(C)nc1NC(COC)C(C)C. The van der Waals surface area contributed by atoms with Gasteiger partial charge < -0.3 is 19.4 Å². The van der Waals surface area contributed by atoms with Crippen LogP contribution in [0, 0.1) is 12.8 Å². The van der Waals surface area contributed by atoms with Crippen LogP contribution in [0.15, 0.2) is 6.20 Å². The third-order valence-electron chi connectivity index (χ3n) is 2.90. The van der Waals surface area contributed by atoms with Gasteiger partial charge in [0.25, 0.3) is 0 Å². The van der Waals surface area contributed by atoms with Crippen LogP contribution in [0.4, 0.5) is 5.95 Å². The zero-order chi connectivity index (χ0) is 13.5. The van der Waals surface area contributed by atoms with Gasteiger partial charge in [0, 0.05) is 27.0 Å². The first-order valence-electron chi connectivity index (χ1n) is 6.36. The standard InChI is InChI=1S/C13H25N3O2/c1-10(2)12(9-18-5)15-13-14-11(3)8-16(13)6-7-17-4/h8,10,12H,6-7,9H2,1-5H3,(H,14,15). The van der Waals surface area contributed by atoms with E-state index in [1.54, 1.807) is 14.2 Å². The van der Waals surface area contributed by atoms with Gasteiger partial charge in [-0.3, -0.25) is 0 Å². The molecule has 1 unspecified atom stereocenters. The smallest absolute Gasteiger partial charge is 0.203 e. The van der Waals surface area contributed by atoms with Crippen LogP contribution in [0.25, 0.3) is 0 Å². The van der Waals surface area contributed by atoms with Crippen molar-refractivity contribution in [1.82, 2.24) is 9.55 Å². The maximum absolute atomic E-state index is 5.24. The number of rotatable bonds is 8. The molecule has 1 aromatic rings. The average molecular weight is 255 g/mol. The lowest BCUT2D eigenvalue weighted by Crippen LogP contribution is -2.31. The third-order valence-corrected chi connectivity index (χ3v) is 2.90. The monoisotopic (exact) mass is 255 g/mol. The molecule has 0 aromatic carbocycles. The Bertz CT molecular complexity index is 350. The number of hydrogen-bond donors (Lipinski definition) is 1. The molecule has 0 aliphatic carbocycles. The van der Waals surface area contributed by atoms with E-state index >= 15 is 0 Å². The van der Waals surface area contributed by atoms with Crippen LogP contribution in [0.1, 0.15) is 19.5 Å². The molecule has 18 heavy (non-hydrogen) atoms. The predicted molar refractivity (Wildman–Crippen MR) is 73.0 cm³/mol. The van der Waals surface area contributed by atoms with Crippen LogP contribution in [0.5, 0.6) is 0 Å². The van der Waals surface area contributed by atoms with E-state index in [-0.39, 0.29) is 6.04 Å². The molecule has 0 amide bonds. The molecule has 0 radical (unpaired) electrons. The Morgan fingerprint density at radius 3 is 2.61 bits per heavy atom. The number of nitrogens with zero attached hydrogens (tertiary/aromatic N) is 2. The lowest BCUT2D eigenvalue weighted by atomic mass is 10.1. The van der Waals surface area contributed by atoms with E-state index in [0.717, 1.165) is 18.2 Å². The summed E-state index contributed by atoms with van der Waals surface area (Å²) >= 11 is 0. The molecule has 1 N–H and O–H groups in total. The quantitative estimate of drug-likeness (QED) is 0.771. The maximum atomic E-state index is 5.24. The summed E-state index contributed by atoms with van der Waals surface area (Å²) in [6.07, 6.45) is 2.03. The highest BCUT2D eigenvalue weighted by Crippen LogP contribution is 2.13. The number of nitrogens with one attached hydrogen (secondary N) is 1. The van der Waals surface area contributed by atoms with E-state index in [4.69, 9.17) is 9.47 Å². The van der Waals surface area contributed by atoms with Crippen molar-refractivity contribution in [3.63, 3.8) is 0 Å². The maximum Gasteiger partial charge on any atom is 0.203 e. The average Bonchev–Trinajstić information content (AvgIpc) is 2.66. The molecule has 1 rings (SSSR count). The van der Waals surface area contributed by atoms with Crippen molar-refractivity contribution >= 4 is 5.95 Å². The molecule has 0 saturated heterocycles. The van der Waals surface area contributed by atoms with Crippen LogP contribution < -0.4 is 5.32 Å². The summed E-state index contributed by atoms with van der Waals surface area (Å²) in [5, 5.41) is 3.45. The van der Waals surface area contributed by atoms with Gasteiger partial charge in [-0.2, -0.15) is 0 Å². The minimum Gasteiger partial charge on any atom is -0.383 e. The lowest BCUT2D eigenvalue weighted by molar-refractivity contribution is 0.170. The molecular weight excluding hydrogens is 230 g/mol. The van der Waals surface area contributed by atoms with Gasteiger partial charge in [0.2, 0.25) is 5.95 Å². The summed E-state index contributed by atoms with van der Waals surface area (Å²) in [5.41, 5.74) is 1.01. The molecule has 0 spiro atoms. The fourth-order valence-corrected chi connectivity index (χ4v) is 1.77. The molecule has 0 aliphatic heterocycles. The fourth-order valence-electron chi connectivity index (χ4n) is 1.77. The molecule has 1 aromatic heterocycles. The van der Waals surface area contributed by atoms with E-state index in [1.807, 2.05) is 13.1 Å². The van der Waals surface area contributed by atoms with E-state index in [1.165, 1.54) is 0 Å². The highest BCUT2D eigenvalue weighted by Gasteiger charge is 2.16. The topological polar surface area (TPSA) is 48.3 Å². The van der Waals surface area contributed by atoms with Gasteiger partial charge >= 0.3 is 0 Å². The van der Waals surface area contributed by atoms with Crippen molar-refractivity contribution in [3.8, 4) is 0 Å². The number of aryl methyl sites for hydroxylation is 1. The Morgan fingerprint density at radius 2 is 2.06 bits per heavy atom. The second kappa shape index (κ2) is 7.38. The number of aromatic nitrogens is 2. The van der Waals surface area contributed by atoms with Crippen LogP contribution >= 0.6 is 0 Å². The van der Waals surface area contributed by atoms with Gasteiger partial charge in [-0.1, -0.05) is 13.8 Å². The first-order chi connectivity index (χ1) is 8.58. The van der Waals surface area contributed by atoms with Crippen LogP contribution in [0.3, 0.4) is 0 Å². The molecule has 1 heterocycles. The number of imidazole rings is 1. The van der Waals surface area contributed by atoms with Gasteiger partial charge in [-0.05, 0) is 12.8 Å². The minimum absolute atomic E-state index is 0.262. The number of hydrogen-bond acceptors (Lipinski definition) is 4. The third kappa shape index (κ3) is 4.31. The minimum atomic E-state index is 0.262.